The standard InChI is InChI=1S/C17H18N8OS/c1-26-12-6-2-5-11-13(12)20-16(18)25-15(11)21-14(23-25)10-4-3-7-24(8-10)17-22-19-9-27-17/h2,5-6,9-10H,3-4,7-8H2,1H3,(H2,18,20). The molecule has 1 atom stereocenters. The van der Waals surface area contributed by atoms with Gasteiger partial charge >= 0.3 is 0 Å². The van der Waals surface area contributed by atoms with Crippen LogP contribution in [0.25, 0.3) is 16.6 Å². The highest BCUT2D eigenvalue weighted by atomic mass is 32.1. The van der Waals surface area contributed by atoms with Crippen molar-refractivity contribution in [3.8, 4) is 5.75 Å². The molecule has 10 heteroatoms. The third kappa shape index (κ3) is 2.64. The van der Waals surface area contributed by atoms with Crippen LogP contribution in [0, 0.1) is 0 Å². The van der Waals surface area contributed by atoms with Gasteiger partial charge < -0.3 is 15.4 Å². The number of benzene rings is 1. The first kappa shape index (κ1) is 16.2. The predicted octanol–water partition coefficient (Wildman–Crippen LogP) is 2.10. The van der Waals surface area contributed by atoms with Crippen LogP contribution < -0.4 is 15.4 Å². The Balaban J connectivity index is 1.58. The second-order valence-electron chi connectivity index (χ2n) is 6.54. The van der Waals surface area contributed by atoms with E-state index in [1.807, 2.05) is 18.2 Å². The molecule has 1 fully saturated rings. The largest absolute Gasteiger partial charge is 0.494 e. The molecule has 138 valence electrons. The van der Waals surface area contributed by atoms with Gasteiger partial charge in [0.05, 0.1) is 7.11 Å². The van der Waals surface area contributed by atoms with E-state index < -0.39 is 0 Å². The third-order valence-electron chi connectivity index (χ3n) is 4.93. The van der Waals surface area contributed by atoms with Crippen molar-refractivity contribution in [2.45, 2.75) is 18.8 Å². The van der Waals surface area contributed by atoms with Gasteiger partial charge in [0.15, 0.2) is 11.5 Å². The number of nitrogen functional groups attached to an aromatic ring is 1. The first-order chi connectivity index (χ1) is 13.2. The maximum absolute atomic E-state index is 6.16. The van der Waals surface area contributed by atoms with E-state index in [-0.39, 0.29) is 5.92 Å². The molecule has 5 rings (SSSR count). The number of methoxy groups -OCH3 is 1. The Kier molecular flexibility index (Phi) is 3.78. The Bertz CT molecular complexity index is 1110. The zero-order valence-electron chi connectivity index (χ0n) is 14.7. The van der Waals surface area contributed by atoms with E-state index in [4.69, 9.17) is 15.5 Å². The summed E-state index contributed by atoms with van der Waals surface area (Å²) >= 11 is 1.55. The topological polar surface area (TPSA) is 107 Å². The van der Waals surface area contributed by atoms with Gasteiger partial charge in [0.25, 0.3) is 0 Å². The smallest absolute Gasteiger partial charge is 0.223 e. The van der Waals surface area contributed by atoms with E-state index in [1.54, 1.807) is 28.5 Å². The van der Waals surface area contributed by atoms with Crippen LogP contribution in [0.15, 0.2) is 23.7 Å². The van der Waals surface area contributed by atoms with Crippen LogP contribution in [0.4, 0.5) is 11.1 Å². The zero-order chi connectivity index (χ0) is 18.4. The molecule has 1 saturated heterocycles. The molecule has 0 radical (unpaired) electrons. The molecule has 1 aromatic carbocycles. The minimum Gasteiger partial charge on any atom is -0.494 e. The van der Waals surface area contributed by atoms with Gasteiger partial charge in [0.1, 0.15) is 16.8 Å². The van der Waals surface area contributed by atoms with Crippen LogP contribution in [0.2, 0.25) is 0 Å². The van der Waals surface area contributed by atoms with E-state index in [2.05, 4.69) is 25.2 Å². The van der Waals surface area contributed by atoms with Gasteiger partial charge in [0.2, 0.25) is 11.1 Å². The van der Waals surface area contributed by atoms with E-state index in [0.717, 1.165) is 42.3 Å². The van der Waals surface area contributed by atoms with Crippen LogP contribution in [0.1, 0.15) is 24.6 Å². The fraction of sp³-hybridized carbons (Fsp3) is 0.353. The Morgan fingerprint density at radius 1 is 1.30 bits per heavy atom. The van der Waals surface area contributed by atoms with Crippen molar-refractivity contribution in [2.75, 3.05) is 30.8 Å². The van der Waals surface area contributed by atoms with Gasteiger partial charge in [-0.25, -0.2) is 9.97 Å². The molecule has 2 N–H and O–H groups in total. The van der Waals surface area contributed by atoms with E-state index in [1.165, 1.54) is 0 Å². The lowest BCUT2D eigenvalue weighted by Crippen LogP contribution is -2.34. The molecule has 1 unspecified atom stereocenters. The highest BCUT2D eigenvalue weighted by Gasteiger charge is 2.27. The Hall–Kier alpha value is -3.01. The number of anilines is 2. The quantitative estimate of drug-likeness (QED) is 0.574. The van der Waals surface area contributed by atoms with E-state index in [9.17, 15) is 0 Å². The summed E-state index contributed by atoms with van der Waals surface area (Å²) in [6.45, 7) is 1.80. The van der Waals surface area contributed by atoms with Gasteiger partial charge in [-0.15, -0.1) is 15.3 Å². The van der Waals surface area contributed by atoms with Gasteiger partial charge in [-0.1, -0.05) is 17.4 Å². The Labute approximate surface area is 158 Å². The molecule has 27 heavy (non-hydrogen) atoms. The molecule has 9 nitrogen and oxygen atoms in total. The number of ether oxygens (including phenoxy) is 1. The summed E-state index contributed by atoms with van der Waals surface area (Å²) in [5.41, 5.74) is 9.32. The average Bonchev–Trinajstić information content (AvgIpc) is 3.38. The summed E-state index contributed by atoms with van der Waals surface area (Å²) in [6.07, 6.45) is 2.09. The molecule has 4 heterocycles. The first-order valence-electron chi connectivity index (χ1n) is 8.74. The number of nitrogens with zero attached hydrogens (tertiary/aromatic N) is 7. The minimum absolute atomic E-state index is 0.211. The first-order valence-corrected chi connectivity index (χ1v) is 9.62. The average molecular weight is 382 g/mol. The molecule has 0 saturated carbocycles. The Morgan fingerprint density at radius 2 is 2.22 bits per heavy atom. The maximum Gasteiger partial charge on any atom is 0.223 e. The summed E-state index contributed by atoms with van der Waals surface area (Å²) in [6, 6.07) is 5.75. The second-order valence-corrected chi connectivity index (χ2v) is 7.35. The van der Waals surface area contributed by atoms with E-state index in [0.29, 0.717) is 22.9 Å². The van der Waals surface area contributed by atoms with Crippen LogP contribution >= 0.6 is 11.3 Å². The molecule has 0 spiro atoms. The lowest BCUT2D eigenvalue weighted by molar-refractivity contribution is 0.419. The molecule has 4 aromatic rings. The Morgan fingerprint density at radius 3 is 3.04 bits per heavy atom. The summed E-state index contributed by atoms with van der Waals surface area (Å²) in [4.78, 5) is 11.6. The molecular weight excluding hydrogens is 364 g/mol. The maximum atomic E-state index is 6.16. The van der Waals surface area contributed by atoms with Crippen molar-refractivity contribution in [2.24, 2.45) is 0 Å². The second kappa shape index (κ2) is 6.31. The van der Waals surface area contributed by atoms with Gasteiger partial charge in [-0.05, 0) is 25.0 Å². The van der Waals surface area contributed by atoms with Crippen molar-refractivity contribution >= 4 is 39.0 Å². The number of para-hydroxylation sites is 1. The van der Waals surface area contributed by atoms with Crippen LogP contribution in [-0.4, -0.2) is 50.0 Å². The lowest BCUT2D eigenvalue weighted by Gasteiger charge is -2.30. The van der Waals surface area contributed by atoms with E-state index >= 15 is 0 Å². The van der Waals surface area contributed by atoms with Crippen molar-refractivity contribution in [3.63, 3.8) is 0 Å². The molecule has 0 amide bonds. The number of aromatic nitrogens is 6. The molecule has 0 aliphatic carbocycles. The highest BCUT2D eigenvalue weighted by molar-refractivity contribution is 7.13. The highest BCUT2D eigenvalue weighted by Crippen LogP contribution is 2.32. The molecule has 0 bridgehead atoms. The molecule has 3 aromatic heterocycles. The van der Waals surface area contributed by atoms with Gasteiger partial charge in [0, 0.05) is 24.4 Å². The fourth-order valence-electron chi connectivity index (χ4n) is 3.65. The number of nitrogens with two attached hydrogens (primary N) is 1. The third-order valence-corrected chi connectivity index (χ3v) is 5.68. The van der Waals surface area contributed by atoms with Crippen LogP contribution in [0.3, 0.4) is 0 Å². The number of fused-ring (bicyclic) bond motifs is 3. The molecule has 1 aliphatic heterocycles. The van der Waals surface area contributed by atoms with Crippen molar-refractivity contribution in [1.29, 1.82) is 0 Å². The zero-order valence-corrected chi connectivity index (χ0v) is 15.6. The molecular formula is C17H18N8OS. The van der Waals surface area contributed by atoms with Crippen molar-refractivity contribution in [1.82, 2.24) is 29.8 Å². The fourth-order valence-corrected chi connectivity index (χ4v) is 4.24. The van der Waals surface area contributed by atoms with Crippen LogP contribution in [-0.2, 0) is 0 Å². The summed E-state index contributed by atoms with van der Waals surface area (Å²) < 4.78 is 7.04. The molecule has 1 aliphatic rings. The van der Waals surface area contributed by atoms with Gasteiger partial charge in [-0.3, -0.25) is 0 Å². The number of piperidine rings is 1. The predicted molar refractivity (Wildman–Crippen MR) is 103 cm³/mol. The lowest BCUT2D eigenvalue weighted by atomic mass is 9.98. The number of hydrogen-bond donors (Lipinski definition) is 1. The monoisotopic (exact) mass is 382 g/mol. The minimum atomic E-state index is 0.211. The summed E-state index contributed by atoms with van der Waals surface area (Å²) in [7, 11) is 1.62. The summed E-state index contributed by atoms with van der Waals surface area (Å²) in [5, 5.41) is 14.6. The van der Waals surface area contributed by atoms with Crippen molar-refractivity contribution in [3.05, 3.63) is 29.5 Å². The number of hydrogen-bond acceptors (Lipinski definition) is 9. The SMILES string of the molecule is COc1cccc2c1nc(N)n1nc(C3CCCN(c4nncs4)C3)nc21. The number of rotatable bonds is 3. The van der Waals surface area contributed by atoms with Crippen LogP contribution in [0.5, 0.6) is 5.75 Å². The normalized spacial score (nSPS) is 17.7. The van der Waals surface area contributed by atoms with Crippen molar-refractivity contribution < 1.29 is 4.74 Å². The summed E-state index contributed by atoms with van der Waals surface area (Å²) in [5.74, 6) is 1.97. The van der Waals surface area contributed by atoms with Gasteiger partial charge in [-0.2, -0.15) is 4.52 Å².